The molecule has 1 fully saturated rings. The molecule has 0 saturated carbocycles. The van der Waals surface area contributed by atoms with E-state index in [1.54, 1.807) is 18.2 Å². The van der Waals surface area contributed by atoms with Crippen molar-refractivity contribution in [2.75, 3.05) is 44.2 Å². The average Bonchev–Trinajstić information content (AvgIpc) is 3.05. The summed E-state index contributed by atoms with van der Waals surface area (Å²) in [7, 11) is 0. The predicted octanol–water partition coefficient (Wildman–Crippen LogP) is 3.32. The Bertz CT molecular complexity index is 1260. The molecule has 3 heterocycles. The number of hydrogen-bond acceptors (Lipinski definition) is 7. The van der Waals surface area contributed by atoms with E-state index < -0.39 is 4.92 Å². The van der Waals surface area contributed by atoms with Crippen LogP contribution in [-0.4, -0.2) is 71.4 Å². The summed E-state index contributed by atoms with van der Waals surface area (Å²) < 4.78 is 0. The summed E-state index contributed by atoms with van der Waals surface area (Å²) in [5.41, 5.74) is 2.37. The zero-order valence-corrected chi connectivity index (χ0v) is 19.4. The Morgan fingerprint density at radius 3 is 2.59 bits per heavy atom. The summed E-state index contributed by atoms with van der Waals surface area (Å²) in [6.45, 7) is 6.82. The smallest absolute Gasteiger partial charge is 0.284 e. The number of amidine groups is 1. The van der Waals surface area contributed by atoms with E-state index in [2.05, 4.69) is 21.7 Å². The second-order valence-corrected chi connectivity index (χ2v) is 8.66. The van der Waals surface area contributed by atoms with Gasteiger partial charge in [0.05, 0.1) is 22.9 Å². The molecule has 0 radical (unpaired) electrons. The summed E-state index contributed by atoms with van der Waals surface area (Å²) in [5.74, 6) is 0.222. The van der Waals surface area contributed by atoms with E-state index in [0.717, 1.165) is 32.7 Å². The fraction of sp³-hybridized carbons (Fsp3) is 0.292. The molecule has 0 atom stereocenters. The lowest BCUT2D eigenvalue weighted by molar-refractivity contribution is -0.384. The maximum atomic E-state index is 13.5. The van der Waals surface area contributed by atoms with Gasteiger partial charge in [-0.1, -0.05) is 36.7 Å². The molecule has 34 heavy (non-hydrogen) atoms. The Kier molecular flexibility index (Phi) is 5.89. The third kappa shape index (κ3) is 3.97. The van der Waals surface area contributed by atoms with Gasteiger partial charge in [-0.25, -0.2) is 4.99 Å². The molecule has 0 unspecified atom stereocenters. The van der Waals surface area contributed by atoms with Gasteiger partial charge in [0.2, 0.25) is 0 Å². The number of aliphatic imine (C=N–C) groups is 2. The van der Waals surface area contributed by atoms with Crippen molar-refractivity contribution >= 4 is 40.4 Å². The van der Waals surface area contributed by atoms with E-state index in [1.165, 1.54) is 17.0 Å². The highest BCUT2D eigenvalue weighted by Gasteiger charge is 2.37. The van der Waals surface area contributed by atoms with Gasteiger partial charge in [0.15, 0.2) is 0 Å². The number of amides is 1. The van der Waals surface area contributed by atoms with Crippen LogP contribution in [-0.2, 0) is 4.79 Å². The van der Waals surface area contributed by atoms with Crippen LogP contribution in [0, 0.1) is 10.1 Å². The maximum absolute atomic E-state index is 13.5. The minimum Gasteiger partial charge on any atom is -0.373 e. The molecule has 9 nitrogen and oxygen atoms in total. The van der Waals surface area contributed by atoms with Crippen LogP contribution in [0.4, 0.5) is 11.4 Å². The normalized spacial score (nSPS) is 19.5. The number of hydrogen-bond donors (Lipinski definition) is 0. The fourth-order valence-electron chi connectivity index (χ4n) is 4.43. The highest BCUT2D eigenvalue weighted by Crippen LogP contribution is 2.35. The number of fused-ring (bicyclic) bond motifs is 3. The average molecular weight is 479 g/mol. The third-order valence-corrected chi connectivity index (χ3v) is 6.61. The Hall–Kier alpha value is -3.56. The molecule has 3 aliphatic rings. The highest BCUT2D eigenvalue weighted by molar-refractivity contribution is 6.37. The van der Waals surface area contributed by atoms with Crippen LogP contribution in [0.3, 0.4) is 0 Å². The minimum atomic E-state index is -0.461. The highest BCUT2D eigenvalue weighted by atomic mass is 35.5. The fourth-order valence-corrected chi connectivity index (χ4v) is 4.65. The van der Waals surface area contributed by atoms with Crippen molar-refractivity contribution in [3.05, 3.63) is 80.6 Å². The first-order chi connectivity index (χ1) is 16.5. The van der Waals surface area contributed by atoms with Crippen LogP contribution in [0.2, 0.25) is 5.02 Å². The van der Waals surface area contributed by atoms with E-state index in [1.807, 2.05) is 18.3 Å². The molecule has 0 spiro atoms. The largest absolute Gasteiger partial charge is 0.373 e. The summed E-state index contributed by atoms with van der Waals surface area (Å²) in [6.07, 6.45) is 1.82. The number of carbonyl (C=O) groups excluding carboxylic acids is 1. The van der Waals surface area contributed by atoms with E-state index in [4.69, 9.17) is 16.6 Å². The number of carbonyl (C=O) groups is 1. The number of rotatable bonds is 4. The summed E-state index contributed by atoms with van der Waals surface area (Å²) in [4.78, 5) is 39.8. The lowest BCUT2D eigenvalue weighted by Crippen LogP contribution is -2.44. The maximum Gasteiger partial charge on any atom is 0.284 e. The lowest BCUT2D eigenvalue weighted by Gasteiger charge is -2.33. The molecule has 5 rings (SSSR count). The molecule has 2 aromatic rings. The summed E-state index contributed by atoms with van der Waals surface area (Å²) >= 11 is 6.44. The molecule has 0 aliphatic carbocycles. The quantitative estimate of drug-likeness (QED) is 0.381. The second kappa shape index (κ2) is 9.00. The van der Waals surface area contributed by atoms with Crippen molar-refractivity contribution in [3.63, 3.8) is 0 Å². The van der Waals surface area contributed by atoms with Gasteiger partial charge in [0.1, 0.15) is 11.5 Å². The van der Waals surface area contributed by atoms with Gasteiger partial charge in [0.25, 0.3) is 11.6 Å². The van der Waals surface area contributed by atoms with Crippen LogP contribution >= 0.6 is 11.6 Å². The van der Waals surface area contributed by atoms with Crippen LogP contribution < -0.4 is 4.90 Å². The van der Waals surface area contributed by atoms with E-state index in [-0.39, 0.29) is 18.1 Å². The van der Waals surface area contributed by atoms with Crippen molar-refractivity contribution in [3.8, 4) is 0 Å². The monoisotopic (exact) mass is 478 g/mol. The molecular weight excluding hydrogens is 456 g/mol. The Morgan fingerprint density at radius 1 is 1.12 bits per heavy atom. The van der Waals surface area contributed by atoms with Gasteiger partial charge < -0.3 is 9.80 Å². The van der Waals surface area contributed by atoms with Crippen LogP contribution in [0.15, 0.2) is 64.3 Å². The number of nitrogens with zero attached hydrogens (tertiary/aromatic N) is 6. The predicted molar refractivity (Wildman–Crippen MR) is 132 cm³/mol. The van der Waals surface area contributed by atoms with E-state index in [0.29, 0.717) is 39.1 Å². The Balaban J connectivity index is 1.57. The first-order valence-electron chi connectivity index (χ1n) is 11.1. The molecule has 1 amide bonds. The molecule has 0 aromatic heterocycles. The van der Waals surface area contributed by atoms with Crippen LogP contribution in [0.25, 0.3) is 0 Å². The standard InChI is InChI=1S/C24H23ClN6O3/c1-2-28-9-11-29(12-10-28)15-20-24(32)30-21-8-7-16(31(33)34)13-18(21)23(26-14-22(30)27-20)17-5-3-4-6-19(17)25/h3-8,13,15H,2,9-12,14H2,1H3/b20-15-. The summed E-state index contributed by atoms with van der Waals surface area (Å²) in [6, 6.07) is 11.6. The number of benzene rings is 2. The minimum absolute atomic E-state index is 0.0879. The van der Waals surface area contributed by atoms with E-state index in [9.17, 15) is 14.9 Å². The van der Waals surface area contributed by atoms with Crippen LogP contribution in [0.5, 0.6) is 0 Å². The Morgan fingerprint density at radius 2 is 1.88 bits per heavy atom. The number of nitro benzene ring substituents is 1. The third-order valence-electron chi connectivity index (χ3n) is 6.28. The van der Waals surface area contributed by atoms with Crippen molar-refractivity contribution < 1.29 is 9.72 Å². The number of anilines is 1. The van der Waals surface area contributed by atoms with Gasteiger partial charge in [-0.3, -0.25) is 24.8 Å². The number of nitro groups is 1. The van der Waals surface area contributed by atoms with Gasteiger partial charge >= 0.3 is 0 Å². The number of halogens is 1. The molecule has 0 bridgehead atoms. The van der Waals surface area contributed by atoms with Gasteiger partial charge in [0, 0.05) is 60.7 Å². The molecule has 3 aliphatic heterocycles. The molecule has 0 N–H and O–H groups in total. The molecule has 2 aromatic carbocycles. The summed E-state index contributed by atoms with van der Waals surface area (Å²) in [5, 5.41) is 12.0. The number of non-ortho nitro benzene ring substituents is 1. The lowest BCUT2D eigenvalue weighted by atomic mass is 9.99. The van der Waals surface area contributed by atoms with Crippen molar-refractivity contribution in [1.82, 2.24) is 9.80 Å². The zero-order valence-electron chi connectivity index (χ0n) is 18.6. The van der Waals surface area contributed by atoms with Crippen molar-refractivity contribution in [2.45, 2.75) is 6.92 Å². The Labute approximate surface area is 201 Å². The van der Waals surface area contributed by atoms with E-state index >= 15 is 0 Å². The van der Waals surface area contributed by atoms with Crippen molar-refractivity contribution in [2.24, 2.45) is 9.98 Å². The van der Waals surface area contributed by atoms with Crippen molar-refractivity contribution in [1.29, 1.82) is 0 Å². The van der Waals surface area contributed by atoms with Crippen LogP contribution in [0.1, 0.15) is 18.1 Å². The molecular formula is C24H23ClN6O3. The number of piperazine rings is 1. The van der Waals surface area contributed by atoms with Gasteiger partial charge in [-0.2, -0.15) is 0 Å². The van der Waals surface area contributed by atoms with Gasteiger partial charge in [-0.15, -0.1) is 0 Å². The molecule has 1 saturated heterocycles. The first-order valence-corrected chi connectivity index (χ1v) is 11.5. The second-order valence-electron chi connectivity index (χ2n) is 8.26. The molecule has 174 valence electrons. The van der Waals surface area contributed by atoms with Gasteiger partial charge in [-0.05, 0) is 18.7 Å². The number of likely N-dealkylation sites (N-methyl/N-ethyl adjacent to an activating group) is 1. The first kappa shape index (κ1) is 22.2. The zero-order chi connectivity index (χ0) is 23.8. The SMILES string of the molecule is CCN1CCN(/C=C2\N=C3CN=C(c4ccccc4Cl)c4cc([N+](=O)[O-])ccc4N3C2=O)CC1. The topological polar surface area (TPSA) is 94.7 Å². The molecule has 10 heteroatoms.